The van der Waals surface area contributed by atoms with Crippen LogP contribution < -0.4 is 0 Å². The van der Waals surface area contributed by atoms with Crippen LogP contribution >= 0.6 is 23.4 Å². The number of hydrogen-bond donors (Lipinski definition) is 0. The van der Waals surface area contributed by atoms with Gasteiger partial charge in [-0.1, -0.05) is 182 Å². The van der Waals surface area contributed by atoms with E-state index in [0.29, 0.717) is 0 Å². The summed E-state index contributed by atoms with van der Waals surface area (Å²) < 4.78 is 0. The summed E-state index contributed by atoms with van der Waals surface area (Å²) in [4.78, 5) is 2.48. The van der Waals surface area contributed by atoms with E-state index in [9.17, 15) is 0 Å². The topological polar surface area (TPSA) is 0 Å². The van der Waals surface area contributed by atoms with Crippen molar-refractivity contribution in [2.45, 2.75) is 26.2 Å². The molecule has 0 saturated heterocycles. The van der Waals surface area contributed by atoms with Crippen molar-refractivity contribution in [2.24, 2.45) is 0 Å². The van der Waals surface area contributed by atoms with Gasteiger partial charge in [0.15, 0.2) is 0 Å². The zero-order valence-corrected chi connectivity index (χ0v) is 28.9. The molecule has 1 aliphatic carbocycles. The zero-order chi connectivity index (χ0) is 33.1. The van der Waals surface area contributed by atoms with Gasteiger partial charge < -0.3 is 0 Å². The Bertz CT molecular complexity index is 1940. The molecule has 0 aromatic heterocycles. The van der Waals surface area contributed by atoms with Crippen molar-refractivity contribution in [1.29, 1.82) is 0 Å². The average molecular weight is 659 g/mol. The summed E-state index contributed by atoms with van der Waals surface area (Å²) in [5.41, 5.74) is 11.5. The number of rotatable bonds is 9. The third kappa shape index (κ3) is 8.75. The number of thioether (sulfide) groups is 1. The van der Waals surface area contributed by atoms with Crippen molar-refractivity contribution < 1.29 is 0 Å². The molecule has 236 valence electrons. The largest absolute Gasteiger partial charge is 0.0911 e. The minimum atomic E-state index is 0.851. The Morgan fingerprint density at radius 2 is 1.21 bits per heavy atom. The molecular weight excluding hydrogens is 620 g/mol. The Balaban J connectivity index is 1.32. The first-order valence-electron chi connectivity index (χ1n) is 16.4. The Morgan fingerprint density at radius 3 is 1.79 bits per heavy atom. The number of hydrogen-bond acceptors (Lipinski definition) is 1. The molecule has 0 N–H and O–H groups in total. The van der Waals surface area contributed by atoms with Crippen molar-refractivity contribution in [3.8, 4) is 0 Å². The van der Waals surface area contributed by atoms with E-state index in [1.807, 2.05) is 36.0 Å². The van der Waals surface area contributed by atoms with E-state index in [2.05, 4.69) is 159 Å². The van der Waals surface area contributed by atoms with Crippen LogP contribution in [0.5, 0.6) is 0 Å². The third-order valence-corrected chi connectivity index (χ3v) is 10.1. The monoisotopic (exact) mass is 658 g/mol. The van der Waals surface area contributed by atoms with E-state index in [1.54, 1.807) is 0 Å². The first-order valence-corrected chi connectivity index (χ1v) is 17.6. The maximum absolute atomic E-state index is 7.15. The smallest absolute Gasteiger partial charge is 0.0469 e. The normalized spacial score (nSPS) is 16.6. The average Bonchev–Trinajstić information content (AvgIpc) is 3.15. The quantitative estimate of drug-likeness (QED) is 0.161. The van der Waals surface area contributed by atoms with Crippen LogP contribution in [-0.4, -0.2) is 0 Å². The maximum atomic E-state index is 7.15. The summed E-state index contributed by atoms with van der Waals surface area (Å²) in [6, 6.07) is 42.1. The van der Waals surface area contributed by atoms with E-state index >= 15 is 0 Å². The van der Waals surface area contributed by atoms with E-state index in [4.69, 9.17) is 11.6 Å². The molecule has 0 amide bonds. The highest BCUT2D eigenvalue weighted by Crippen LogP contribution is 2.44. The van der Waals surface area contributed by atoms with Gasteiger partial charge in [0.25, 0.3) is 0 Å². The molecule has 0 radical (unpaired) electrons. The van der Waals surface area contributed by atoms with Crippen LogP contribution in [0.1, 0.15) is 48.4 Å². The van der Waals surface area contributed by atoms with Crippen LogP contribution in [0, 0.1) is 0 Å². The van der Waals surface area contributed by atoms with Crippen molar-refractivity contribution in [2.75, 3.05) is 0 Å². The van der Waals surface area contributed by atoms with Gasteiger partial charge in [-0.2, -0.15) is 0 Å². The van der Waals surface area contributed by atoms with Crippen LogP contribution in [0.15, 0.2) is 204 Å². The summed E-state index contributed by atoms with van der Waals surface area (Å²) in [5.74, 6) is 0. The second-order valence-electron chi connectivity index (χ2n) is 12.0. The van der Waals surface area contributed by atoms with Gasteiger partial charge in [0.05, 0.1) is 0 Å². The molecule has 0 spiro atoms. The number of allylic oxidation sites excluding steroid dienone is 15. The van der Waals surface area contributed by atoms with Gasteiger partial charge in [-0.15, -0.1) is 0 Å². The summed E-state index contributed by atoms with van der Waals surface area (Å²) >= 11 is 8.96. The van der Waals surface area contributed by atoms with E-state index in [0.717, 1.165) is 52.2 Å². The molecule has 2 heteroatoms. The van der Waals surface area contributed by atoms with Crippen LogP contribution in [-0.2, 0) is 0 Å². The standard InChI is InChI=1S/C46H39ClS/c1-34(38-16-7-3-8-17-38)30-36(31-35(2)39-18-9-4-10-19-39)26-28-42-24-15-25-43(46(42)47)29-27-37-32-44(40-20-11-5-12-21-40)48-45(33-37)41-22-13-6-14-23-41/h3-14,16-23,26-33H,1,15,24-25H2,2H3/b28-26+,35-31+,36-30-,43-29-. The highest BCUT2D eigenvalue weighted by molar-refractivity contribution is 8.16. The van der Waals surface area contributed by atoms with Gasteiger partial charge in [-0.25, -0.2) is 0 Å². The lowest BCUT2D eigenvalue weighted by Gasteiger charge is -2.18. The van der Waals surface area contributed by atoms with Gasteiger partial charge in [0.2, 0.25) is 0 Å². The molecule has 6 rings (SSSR count). The van der Waals surface area contributed by atoms with Crippen LogP contribution in [0.4, 0.5) is 0 Å². The molecule has 4 aromatic rings. The van der Waals surface area contributed by atoms with Crippen LogP contribution in [0.2, 0.25) is 0 Å². The van der Waals surface area contributed by atoms with E-state index in [1.165, 1.54) is 37.6 Å². The number of benzene rings is 4. The molecular formula is C46H39ClS. The molecule has 1 heterocycles. The van der Waals surface area contributed by atoms with Crippen molar-refractivity contribution >= 4 is 44.3 Å². The fourth-order valence-electron chi connectivity index (χ4n) is 5.82. The maximum Gasteiger partial charge on any atom is 0.0469 e. The Morgan fingerprint density at radius 1 is 0.667 bits per heavy atom. The fraction of sp³-hybridized carbons (Fsp3) is 0.0870. The highest BCUT2D eigenvalue weighted by atomic mass is 35.5. The summed E-state index contributed by atoms with van der Waals surface area (Å²) in [5, 5.41) is 0.851. The molecule has 0 fully saturated rings. The van der Waals surface area contributed by atoms with Crippen LogP contribution in [0.3, 0.4) is 0 Å². The molecule has 48 heavy (non-hydrogen) atoms. The van der Waals surface area contributed by atoms with Crippen molar-refractivity contribution in [1.82, 2.24) is 0 Å². The Labute approximate surface area is 295 Å². The first kappa shape index (κ1) is 33.1. The van der Waals surface area contributed by atoms with Gasteiger partial charge in [-0.3, -0.25) is 0 Å². The minimum absolute atomic E-state index is 0.851. The van der Waals surface area contributed by atoms with Crippen molar-refractivity contribution in [3.63, 3.8) is 0 Å². The summed E-state index contributed by atoms with van der Waals surface area (Å²) in [6.45, 7) is 6.54. The summed E-state index contributed by atoms with van der Waals surface area (Å²) in [7, 11) is 0. The Hall–Kier alpha value is -4.82. The molecule has 1 aliphatic heterocycles. The lowest BCUT2D eigenvalue weighted by atomic mass is 9.93. The predicted octanol–water partition coefficient (Wildman–Crippen LogP) is 13.6. The van der Waals surface area contributed by atoms with Gasteiger partial charge in [0.1, 0.15) is 0 Å². The molecule has 4 aromatic carbocycles. The first-order chi connectivity index (χ1) is 23.5. The lowest BCUT2D eigenvalue weighted by molar-refractivity contribution is 0.792. The third-order valence-electron chi connectivity index (χ3n) is 8.44. The molecule has 2 aliphatic rings. The fourth-order valence-corrected chi connectivity index (χ4v) is 7.27. The minimum Gasteiger partial charge on any atom is -0.0911 e. The second-order valence-corrected chi connectivity index (χ2v) is 13.4. The van der Waals surface area contributed by atoms with Crippen molar-refractivity contribution in [3.05, 3.63) is 226 Å². The molecule has 0 bridgehead atoms. The molecule has 0 atom stereocenters. The predicted molar refractivity (Wildman–Crippen MR) is 212 cm³/mol. The zero-order valence-electron chi connectivity index (χ0n) is 27.3. The SMILES string of the molecule is C=C(/C=C(/C=C/C1=C(Cl)C(=C\C=C2C=C(c3ccccc3)SC(c3ccccc3)=C2)/CCC1)\C=C(/C)c1ccccc1)c1ccccc1. The van der Waals surface area contributed by atoms with E-state index in [-0.39, 0.29) is 0 Å². The number of halogens is 1. The van der Waals surface area contributed by atoms with Crippen LogP contribution in [0.25, 0.3) is 21.0 Å². The van der Waals surface area contributed by atoms with E-state index < -0.39 is 0 Å². The second kappa shape index (κ2) is 16.3. The molecule has 0 saturated carbocycles. The van der Waals surface area contributed by atoms with Gasteiger partial charge >= 0.3 is 0 Å². The van der Waals surface area contributed by atoms with Gasteiger partial charge in [-0.05, 0) is 100 Å². The lowest BCUT2D eigenvalue weighted by Crippen LogP contribution is -1.98. The molecule has 0 unspecified atom stereocenters. The Kier molecular flexibility index (Phi) is 11.3. The molecule has 0 nitrogen and oxygen atoms in total. The summed E-state index contributed by atoms with van der Waals surface area (Å²) in [6.07, 6.45) is 20.7. The van der Waals surface area contributed by atoms with Gasteiger partial charge in [0, 0.05) is 14.8 Å². The highest BCUT2D eigenvalue weighted by Gasteiger charge is 2.16.